The number of aliphatic hydroxyl groups is 1. The summed E-state index contributed by atoms with van der Waals surface area (Å²) in [4.78, 5) is 46.6. The molecule has 3 aliphatic heterocycles. The Balaban J connectivity index is 0.000000391. The summed E-state index contributed by atoms with van der Waals surface area (Å²) in [6.45, 7) is 10.5. The monoisotopic (exact) mass is 611 g/mol. The second-order valence-corrected chi connectivity index (χ2v) is 8.99. The number of fused-ring (bicyclic) bond motifs is 5. The molecule has 4 unspecified atom stereocenters. The van der Waals surface area contributed by atoms with E-state index >= 15 is 0 Å². The molecule has 0 radical (unpaired) electrons. The van der Waals surface area contributed by atoms with Crippen LogP contribution in [-0.4, -0.2) is 95.8 Å². The van der Waals surface area contributed by atoms with Gasteiger partial charge in [0, 0.05) is 33.7 Å². The molecule has 4 N–H and O–H groups in total. The van der Waals surface area contributed by atoms with Gasteiger partial charge in [-0.25, -0.2) is 9.69 Å². The molecular formula is C26H36F3NO12. The van der Waals surface area contributed by atoms with Crippen molar-refractivity contribution in [2.75, 3.05) is 24.7 Å². The second kappa shape index (κ2) is 15.4. The van der Waals surface area contributed by atoms with Gasteiger partial charge < -0.3 is 39.4 Å². The highest BCUT2D eigenvalue weighted by Gasteiger charge is 2.70. The molecule has 13 nitrogen and oxygen atoms in total. The lowest BCUT2D eigenvalue weighted by atomic mass is 9.78. The van der Waals surface area contributed by atoms with Crippen molar-refractivity contribution in [2.24, 2.45) is 11.8 Å². The van der Waals surface area contributed by atoms with Crippen molar-refractivity contribution in [3.05, 3.63) is 30.3 Å². The molecule has 6 atom stereocenters. The topological polar surface area (TPSA) is 190 Å². The third kappa shape index (κ3) is 8.45. The lowest BCUT2D eigenvalue weighted by Crippen LogP contribution is -2.49. The number of halogens is 3. The summed E-state index contributed by atoms with van der Waals surface area (Å²) in [5, 5.41) is 17.4. The standard InChI is InChI=1S/C16H15NO6.C8H18O3.C2HF3O2.H2O/c1-7(18)22-14-11(19)12-9-10(13(14)23-12)16(21)17(15(9)20)8-5-3-2-4-6-8;1-5-9-8(4,10-6-2)11-7-3;3-2(4,5)1(6)7;/h2-6,9-14,19H,1H3;5-7H2,1-4H3;(H,6,7);1H2/t9?,10?,11-,12+,13?,14?;;;/m1.../s1. The number of carboxylic acids is 1. The first kappa shape index (κ1) is 36.9. The highest BCUT2D eigenvalue weighted by Crippen LogP contribution is 2.50. The van der Waals surface area contributed by atoms with Crippen molar-refractivity contribution in [1.82, 2.24) is 0 Å². The van der Waals surface area contributed by atoms with E-state index in [1.807, 2.05) is 20.8 Å². The van der Waals surface area contributed by atoms with Crippen molar-refractivity contribution in [3.63, 3.8) is 0 Å². The van der Waals surface area contributed by atoms with Crippen LogP contribution in [0.25, 0.3) is 0 Å². The number of carboxylic acid groups (broad SMARTS) is 1. The van der Waals surface area contributed by atoms with Crippen LogP contribution in [0.4, 0.5) is 18.9 Å². The second-order valence-electron chi connectivity index (χ2n) is 8.99. The van der Waals surface area contributed by atoms with Gasteiger partial charge in [-0.3, -0.25) is 14.4 Å². The molecule has 2 bridgehead atoms. The Morgan fingerprint density at radius 3 is 1.74 bits per heavy atom. The fourth-order valence-corrected chi connectivity index (χ4v) is 4.78. The Morgan fingerprint density at radius 2 is 1.36 bits per heavy atom. The van der Waals surface area contributed by atoms with E-state index in [0.29, 0.717) is 25.5 Å². The molecule has 0 aromatic heterocycles. The summed E-state index contributed by atoms with van der Waals surface area (Å²) in [6, 6.07) is 8.64. The van der Waals surface area contributed by atoms with Gasteiger partial charge in [0.25, 0.3) is 5.97 Å². The van der Waals surface area contributed by atoms with Crippen molar-refractivity contribution in [3.8, 4) is 0 Å². The number of rotatable bonds is 8. The van der Waals surface area contributed by atoms with Crippen molar-refractivity contribution >= 4 is 29.4 Å². The normalized spacial score (nSPS) is 25.9. The molecule has 1 aromatic carbocycles. The summed E-state index contributed by atoms with van der Waals surface area (Å²) in [5.74, 6) is -6.36. The van der Waals surface area contributed by atoms with E-state index in [4.69, 9.17) is 33.6 Å². The van der Waals surface area contributed by atoms with Crippen molar-refractivity contribution in [2.45, 2.75) is 71.2 Å². The van der Waals surface area contributed by atoms with E-state index in [-0.39, 0.29) is 17.3 Å². The first-order valence-corrected chi connectivity index (χ1v) is 12.8. The number of amides is 2. The number of para-hydroxylation sites is 1. The minimum absolute atomic E-state index is 0. The van der Waals surface area contributed by atoms with Gasteiger partial charge >= 0.3 is 18.1 Å². The van der Waals surface area contributed by atoms with Crippen LogP contribution >= 0.6 is 0 Å². The smallest absolute Gasteiger partial charge is 0.475 e. The van der Waals surface area contributed by atoms with Gasteiger partial charge in [0.15, 0.2) is 6.10 Å². The molecule has 238 valence electrons. The number of imide groups is 1. The number of aliphatic carboxylic acids is 1. The molecule has 0 aliphatic carbocycles. The lowest BCUT2D eigenvalue weighted by molar-refractivity contribution is -0.365. The number of nitrogens with zero attached hydrogens (tertiary/aromatic N) is 1. The fraction of sp³-hybridized carbons (Fsp3) is 0.615. The Bertz CT molecular complexity index is 1050. The van der Waals surface area contributed by atoms with Gasteiger partial charge in [0.2, 0.25) is 11.8 Å². The highest BCUT2D eigenvalue weighted by atomic mass is 19.4. The Hall–Kier alpha value is -3.15. The summed E-state index contributed by atoms with van der Waals surface area (Å²) in [6.07, 6.45) is -8.70. The summed E-state index contributed by atoms with van der Waals surface area (Å²) in [5.41, 5.74) is 0.495. The molecule has 0 spiro atoms. The molecule has 3 aliphatic rings. The molecule has 1 aromatic rings. The van der Waals surface area contributed by atoms with Crippen LogP contribution in [0.1, 0.15) is 34.6 Å². The van der Waals surface area contributed by atoms with Crippen LogP contribution in [0.5, 0.6) is 0 Å². The van der Waals surface area contributed by atoms with Gasteiger partial charge in [-0.05, 0) is 32.9 Å². The lowest BCUT2D eigenvalue weighted by Gasteiger charge is -2.28. The van der Waals surface area contributed by atoms with Crippen LogP contribution in [0, 0.1) is 11.8 Å². The number of carbonyl (C=O) groups excluding carboxylic acids is 3. The Kier molecular flexibility index (Phi) is 13.5. The van der Waals surface area contributed by atoms with Gasteiger partial charge in [-0.1, -0.05) is 18.2 Å². The molecule has 3 fully saturated rings. The number of carbonyl (C=O) groups is 4. The maximum atomic E-state index is 12.7. The maximum absolute atomic E-state index is 12.7. The Labute approximate surface area is 239 Å². The van der Waals surface area contributed by atoms with Crippen molar-refractivity contribution < 1.29 is 71.7 Å². The third-order valence-electron chi connectivity index (χ3n) is 6.20. The number of alkyl halides is 3. The van der Waals surface area contributed by atoms with Crippen LogP contribution in [0.15, 0.2) is 30.3 Å². The van der Waals surface area contributed by atoms with Crippen LogP contribution < -0.4 is 4.90 Å². The van der Waals surface area contributed by atoms with E-state index in [1.54, 1.807) is 37.3 Å². The molecule has 4 rings (SSSR count). The van der Waals surface area contributed by atoms with E-state index < -0.39 is 60.3 Å². The third-order valence-corrected chi connectivity index (χ3v) is 6.20. The molecule has 42 heavy (non-hydrogen) atoms. The molecule has 3 heterocycles. The van der Waals surface area contributed by atoms with E-state index in [2.05, 4.69) is 0 Å². The van der Waals surface area contributed by atoms with Gasteiger partial charge in [0.1, 0.15) is 18.3 Å². The number of anilines is 1. The van der Waals surface area contributed by atoms with Gasteiger partial charge in [-0.15, -0.1) is 0 Å². The molecular weight excluding hydrogens is 575 g/mol. The van der Waals surface area contributed by atoms with Crippen LogP contribution in [0.3, 0.4) is 0 Å². The largest absolute Gasteiger partial charge is 0.490 e. The van der Waals surface area contributed by atoms with Crippen LogP contribution in [-0.2, 0) is 42.9 Å². The number of esters is 1. The number of ether oxygens (including phenoxy) is 5. The molecule has 2 amide bonds. The number of hydrogen-bond donors (Lipinski definition) is 2. The average Bonchev–Trinajstić information content (AvgIpc) is 3.49. The quantitative estimate of drug-likeness (QED) is 0.246. The van der Waals surface area contributed by atoms with E-state index in [0.717, 1.165) is 4.90 Å². The predicted molar refractivity (Wildman–Crippen MR) is 137 cm³/mol. The first-order valence-electron chi connectivity index (χ1n) is 12.8. The average molecular weight is 612 g/mol. The predicted octanol–water partition coefficient (Wildman–Crippen LogP) is 1.44. The van der Waals surface area contributed by atoms with Crippen molar-refractivity contribution in [1.29, 1.82) is 0 Å². The zero-order chi connectivity index (χ0) is 31.1. The SMILES string of the molecule is CC(=O)OC1C2O[C@@H](C3C(=O)N(c4ccccc4)C(=O)C23)[C@H]1O.CCOC(C)(OCC)OCC.O.O=C(O)C(F)(F)F. The molecule has 3 saturated heterocycles. The zero-order valence-electron chi connectivity index (χ0n) is 23.6. The minimum atomic E-state index is -5.08. The number of hydrogen-bond acceptors (Lipinski definition) is 10. The number of benzene rings is 1. The molecule has 16 heteroatoms. The maximum Gasteiger partial charge on any atom is 0.490 e. The minimum Gasteiger partial charge on any atom is -0.475 e. The van der Waals surface area contributed by atoms with Gasteiger partial charge in [-0.2, -0.15) is 13.2 Å². The summed E-state index contributed by atoms with van der Waals surface area (Å²) >= 11 is 0. The summed E-state index contributed by atoms with van der Waals surface area (Å²) in [7, 11) is 0. The zero-order valence-corrected chi connectivity index (χ0v) is 23.6. The van der Waals surface area contributed by atoms with Gasteiger partial charge in [0.05, 0.1) is 17.5 Å². The Morgan fingerprint density at radius 1 is 0.929 bits per heavy atom. The van der Waals surface area contributed by atoms with E-state index in [9.17, 15) is 32.7 Å². The highest BCUT2D eigenvalue weighted by molar-refractivity contribution is 6.22. The van der Waals surface area contributed by atoms with Crippen LogP contribution in [0.2, 0.25) is 0 Å². The first-order chi connectivity index (χ1) is 19.1. The summed E-state index contributed by atoms with van der Waals surface area (Å²) < 4.78 is 58.2. The molecule has 0 saturated carbocycles. The fourth-order valence-electron chi connectivity index (χ4n) is 4.78. The number of aliphatic hydroxyl groups excluding tert-OH is 1. The van der Waals surface area contributed by atoms with E-state index in [1.165, 1.54) is 6.92 Å².